The lowest BCUT2D eigenvalue weighted by Crippen LogP contribution is -2.13. The highest BCUT2D eigenvalue weighted by Crippen LogP contribution is 2.27. The van der Waals surface area contributed by atoms with Gasteiger partial charge >= 0.3 is 5.97 Å². The minimum Gasteiger partial charge on any atom is -0.472 e. The molecule has 0 aliphatic carbocycles. The second kappa shape index (κ2) is 7.57. The van der Waals surface area contributed by atoms with Crippen molar-refractivity contribution in [2.45, 2.75) is 26.4 Å². The average Bonchev–Trinajstić information content (AvgIpc) is 2.95. The third-order valence-electron chi connectivity index (χ3n) is 3.02. The highest BCUT2D eigenvalue weighted by atomic mass is 19.3. The van der Waals surface area contributed by atoms with Gasteiger partial charge in [-0.1, -0.05) is 24.2 Å². The molecule has 0 amide bonds. The van der Waals surface area contributed by atoms with E-state index in [0.717, 1.165) is 0 Å². The van der Waals surface area contributed by atoms with Gasteiger partial charge in [-0.05, 0) is 12.5 Å². The molecule has 1 N–H and O–H groups in total. The molecular formula is C15H16F2N2O4. The minimum absolute atomic E-state index is 0.0275. The van der Waals surface area contributed by atoms with E-state index >= 15 is 0 Å². The van der Waals surface area contributed by atoms with Gasteiger partial charge in [0, 0.05) is 17.2 Å². The van der Waals surface area contributed by atoms with Crippen molar-refractivity contribution in [2.75, 3.05) is 6.61 Å². The van der Waals surface area contributed by atoms with Gasteiger partial charge in [0.2, 0.25) is 5.88 Å². The molecule has 2 rings (SSSR count). The highest BCUT2D eigenvalue weighted by molar-refractivity contribution is 5.91. The first kappa shape index (κ1) is 16.7. The Morgan fingerprint density at radius 1 is 1.39 bits per heavy atom. The summed E-state index contributed by atoms with van der Waals surface area (Å²) in [5.41, 5.74) is -0.241. The quantitative estimate of drug-likeness (QED) is 0.625. The molecule has 0 saturated carbocycles. The van der Waals surface area contributed by atoms with E-state index in [4.69, 9.17) is 14.7 Å². The number of aromatic nitrogens is 2. The highest BCUT2D eigenvalue weighted by Gasteiger charge is 2.21. The Balaban J connectivity index is 2.27. The van der Waals surface area contributed by atoms with Gasteiger partial charge in [0.25, 0.3) is 6.43 Å². The van der Waals surface area contributed by atoms with Crippen molar-refractivity contribution in [1.29, 1.82) is 0 Å². The van der Waals surface area contributed by atoms with E-state index in [-0.39, 0.29) is 35.8 Å². The first-order valence-corrected chi connectivity index (χ1v) is 6.97. The van der Waals surface area contributed by atoms with E-state index in [1.54, 1.807) is 0 Å². The summed E-state index contributed by atoms with van der Waals surface area (Å²) in [6.45, 7) is 1.74. The van der Waals surface area contributed by atoms with Crippen LogP contribution in [0.25, 0.3) is 0 Å². The largest absolute Gasteiger partial charge is 0.472 e. The van der Waals surface area contributed by atoms with Crippen LogP contribution in [0.15, 0.2) is 30.5 Å². The molecule has 0 spiro atoms. The zero-order chi connectivity index (χ0) is 16.8. The van der Waals surface area contributed by atoms with Crippen LogP contribution in [-0.2, 0) is 11.3 Å². The fraction of sp³-hybridized carbons (Fsp3) is 0.333. The fourth-order valence-electron chi connectivity index (χ4n) is 1.96. The first-order valence-electron chi connectivity index (χ1n) is 6.97. The Kier molecular flexibility index (Phi) is 5.51. The number of alkyl halides is 2. The minimum atomic E-state index is -2.76. The molecule has 8 heteroatoms. The maximum absolute atomic E-state index is 13.2. The van der Waals surface area contributed by atoms with E-state index < -0.39 is 12.4 Å². The van der Waals surface area contributed by atoms with Crippen molar-refractivity contribution < 1.29 is 28.3 Å². The molecule has 0 radical (unpaired) electrons. The van der Waals surface area contributed by atoms with Crippen LogP contribution in [0.5, 0.6) is 5.88 Å². The van der Waals surface area contributed by atoms with E-state index in [2.05, 4.69) is 5.10 Å². The first-order chi connectivity index (χ1) is 11.0. The van der Waals surface area contributed by atoms with E-state index in [1.165, 1.54) is 30.5 Å². The summed E-state index contributed by atoms with van der Waals surface area (Å²) >= 11 is 0. The molecule has 0 saturated heterocycles. The SMILES string of the molecule is CCCOC(=O)c1cccc(C(F)F)c1COc1ccn(O)n1. The van der Waals surface area contributed by atoms with Crippen LogP contribution in [-0.4, -0.2) is 27.7 Å². The second-order valence-electron chi connectivity index (χ2n) is 4.67. The maximum Gasteiger partial charge on any atom is 0.338 e. The molecular weight excluding hydrogens is 310 g/mol. The van der Waals surface area contributed by atoms with Crippen LogP contribution < -0.4 is 4.74 Å². The number of ether oxygens (including phenoxy) is 2. The molecule has 1 aromatic carbocycles. The predicted molar refractivity (Wildman–Crippen MR) is 75.7 cm³/mol. The monoisotopic (exact) mass is 326 g/mol. The Labute approximate surface area is 131 Å². The topological polar surface area (TPSA) is 73.6 Å². The molecule has 0 atom stereocenters. The summed E-state index contributed by atoms with van der Waals surface area (Å²) in [6.07, 6.45) is -0.909. The molecule has 124 valence electrons. The molecule has 0 aliphatic rings. The van der Waals surface area contributed by atoms with E-state index in [0.29, 0.717) is 11.3 Å². The molecule has 2 aromatic rings. The summed E-state index contributed by atoms with van der Waals surface area (Å²) < 4.78 is 36.6. The van der Waals surface area contributed by atoms with Gasteiger partial charge in [-0.2, -0.15) is 0 Å². The lowest BCUT2D eigenvalue weighted by Gasteiger charge is -2.14. The van der Waals surface area contributed by atoms with Crippen LogP contribution in [0.2, 0.25) is 0 Å². The molecule has 6 nitrogen and oxygen atoms in total. The van der Waals surface area contributed by atoms with Gasteiger partial charge in [-0.3, -0.25) is 0 Å². The molecule has 0 fully saturated rings. The standard InChI is InChI=1S/C15H16F2N2O4/c1-2-8-22-15(20)11-5-3-4-10(14(16)17)12(11)9-23-13-6-7-19(21)18-13/h3-7,14,21H,2,8-9H2,1H3. The Morgan fingerprint density at radius 3 is 2.78 bits per heavy atom. The third kappa shape index (κ3) is 4.18. The third-order valence-corrected chi connectivity index (χ3v) is 3.02. The number of carbonyl (C=O) groups is 1. The normalized spacial score (nSPS) is 10.8. The Morgan fingerprint density at radius 2 is 2.17 bits per heavy atom. The molecule has 0 unspecified atom stereocenters. The van der Waals surface area contributed by atoms with Crippen LogP contribution in [0, 0.1) is 0 Å². The second-order valence-corrected chi connectivity index (χ2v) is 4.67. The van der Waals surface area contributed by atoms with Crippen molar-refractivity contribution in [3.05, 3.63) is 47.2 Å². The van der Waals surface area contributed by atoms with Crippen molar-refractivity contribution in [3.63, 3.8) is 0 Å². The summed E-state index contributed by atoms with van der Waals surface area (Å²) in [6, 6.07) is 5.37. The smallest absolute Gasteiger partial charge is 0.338 e. The Hall–Kier alpha value is -2.64. The average molecular weight is 326 g/mol. The lowest BCUT2D eigenvalue weighted by atomic mass is 10.0. The molecule has 0 aliphatic heterocycles. The zero-order valence-electron chi connectivity index (χ0n) is 12.4. The van der Waals surface area contributed by atoms with Crippen molar-refractivity contribution in [2.24, 2.45) is 0 Å². The van der Waals surface area contributed by atoms with Crippen LogP contribution in [0.3, 0.4) is 0 Å². The summed E-state index contributed by atoms with van der Waals surface area (Å²) in [4.78, 5) is 12.6. The van der Waals surface area contributed by atoms with Crippen molar-refractivity contribution in [1.82, 2.24) is 9.94 Å². The van der Waals surface area contributed by atoms with Crippen molar-refractivity contribution in [3.8, 4) is 5.88 Å². The number of esters is 1. The van der Waals surface area contributed by atoms with Gasteiger partial charge in [-0.15, -0.1) is 4.85 Å². The Bertz CT molecular complexity index is 673. The zero-order valence-corrected chi connectivity index (χ0v) is 12.4. The van der Waals surface area contributed by atoms with Crippen LogP contribution in [0.1, 0.15) is 41.3 Å². The van der Waals surface area contributed by atoms with Gasteiger partial charge in [-0.25, -0.2) is 13.6 Å². The summed E-state index contributed by atoms with van der Waals surface area (Å²) in [5, 5.41) is 12.6. The van der Waals surface area contributed by atoms with Gasteiger partial charge in [0.1, 0.15) is 6.61 Å². The lowest BCUT2D eigenvalue weighted by molar-refractivity contribution is 0.0501. The number of hydrogen-bond acceptors (Lipinski definition) is 5. The van der Waals surface area contributed by atoms with Gasteiger partial charge in [0.05, 0.1) is 18.4 Å². The number of benzene rings is 1. The molecule has 23 heavy (non-hydrogen) atoms. The molecule has 1 heterocycles. The van der Waals surface area contributed by atoms with Crippen LogP contribution >= 0.6 is 0 Å². The van der Waals surface area contributed by atoms with Gasteiger partial charge in [0.15, 0.2) is 0 Å². The fourth-order valence-corrected chi connectivity index (χ4v) is 1.96. The van der Waals surface area contributed by atoms with E-state index in [9.17, 15) is 13.6 Å². The van der Waals surface area contributed by atoms with E-state index in [1.807, 2.05) is 6.92 Å². The van der Waals surface area contributed by atoms with Gasteiger partial charge < -0.3 is 14.7 Å². The molecule has 0 bridgehead atoms. The van der Waals surface area contributed by atoms with Crippen molar-refractivity contribution >= 4 is 5.97 Å². The van der Waals surface area contributed by atoms with Crippen LogP contribution in [0.4, 0.5) is 8.78 Å². The number of halogens is 2. The predicted octanol–water partition coefficient (Wildman–Crippen LogP) is 3.20. The number of hydrogen-bond donors (Lipinski definition) is 1. The number of carbonyl (C=O) groups excluding carboxylic acids is 1. The summed E-state index contributed by atoms with van der Waals surface area (Å²) in [5.74, 6) is -0.634. The number of nitrogens with zero attached hydrogens (tertiary/aromatic N) is 2. The molecule has 1 aromatic heterocycles. The number of rotatable bonds is 7. The summed E-state index contributed by atoms with van der Waals surface area (Å²) in [7, 11) is 0. The maximum atomic E-state index is 13.2.